The maximum atomic E-state index is 9.39. The molecule has 0 aromatic rings. The first-order valence-corrected chi connectivity index (χ1v) is 1.62. The Balaban J connectivity index is 3.13. The first-order chi connectivity index (χ1) is 2.77. The topological polar surface area (TPSA) is 19.9 Å². The van der Waals surface area contributed by atoms with Crippen molar-refractivity contribution in [2.45, 2.75) is 6.42 Å². The Hall–Kier alpha value is -0.650. The summed E-state index contributed by atoms with van der Waals surface area (Å²) < 4.78 is 9.39. The van der Waals surface area contributed by atoms with Gasteiger partial charge < -0.3 is 0 Å². The van der Waals surface area contributed by atoms with Gasteiger partial charge in [-0.3, -0.25) is 0 Å². The molecule has 0 unspecified atom stereocenters. The fourth-order valence-electron chi connectivity index (χ4n) is 0.102. The first-order valence-electron chi connectivity index (χ1n) is 1.62. The van der Waals surface area contributed by atoms with Crippen molar-refractivity contribution in [2.24, 2.45) is 0 Å². The molecular formula is C5H6O. The monoisotopic (exact) mass is 82.0 g/mol. The van der Waals surface area contributed by atoms with Crippen molar-refractivity contribution >= 4 is 0 Å². The van der Waals surface area contributed by atoms with Crippen molar-refractivity contribution < 1.29 is 4.65 Å². The van der Waals surface area contributed by atoms with Crippen molar-refractivity contribution in [3.05, 3.63) is 19.1 Å². The first kappa shape index (κ1) is 5.35. The van der Waals surface area contributed by atoms with Crippen LogP contribution in [0.5, 0.6) is 0 Å². The van der Waals surface area contributed by atoms with E-state index in [0.29, 0.717) is 5.57 Å². The summed E-state index contributed by atoms with van der Waals surface area (Å²) in [5.74, 6) is 0. The van der Waals surface area contributed by atoms with Crippen LogP contribution in [-0.2, 0) is 4.65 Å². The summed E-state index contributed by atoms with van der Waals surface area (Å²) in [5, 5.41) is 0. The van der Waals surface area contributed by atoms with E-state index in [0.717, 1.165) is 0 Å². The summed E-state index contributed by atoms with van der Waals surface area (Å²) in [6, 6.07) is 0. The molecule has 0 aliphatic carbocycles. The molecule has 0 aromatic heterocycles. The summed E-state index contributed by atoms with van der Waals surface area (Å²) in [6.45, 7) is 6.74. The molecule has 0 aromatic carbocycles. The van der Waals surface area contributed by atoms with Crippen molar-refractivity contribution in [3.63, 3.8) is 0 Å². The summed E-state index contributed by atoms with van der Waals surface area (Å²) in [4.78, 5) is 0. The third kappa shape index (κ3) is 3.35. The van der Waals surface area contributed by atoms with Crippen molar-refractivity contribution in [2.75, 3.05) is 0 Å². The molecule has 0 saturated heterocycles. The Morgan fingerprint density at radius 1 is 2.00 bits per heavy atom. The third-order valence-electron chi connectivity index (χ3n) is 0.322. The molecule has 0 radical (unpaired) electrons. The Morgan fingerprint density at radius 3 is 2.50 bits per heavy atom. The van der Waals surface area contributed by atoms with Crippen molar-refractivity contribution in [3.8, 4) is 6.15 Å². The molecule has 0 aliphatic heterocycles. The molecule has 0 bridgehead atoms. The van der Waals surface area contributed by atoms with Gasteiger partial charge in [0, 0.05) is 0 Å². The van der Waals surface area contributed by atoms with Gasteiger partial charge in [0.2, 0.25) is 0 Å². The number of hydrogen-bond donors (Lipinski definition) is 0. The molecule has 0 aliphatic rings. The summed E-state index contributed by atoms with van der Waals surface area (Å²) in [6.07, 6.45) is 1.92. The van der Waals surface area contributed by atoms with Gasteiger partial charge >= 0.3 is 36.3 Å². The van der Waals surface area contributed by atoms with Crippen LogP contribution < -0.4 is 0 Å². The van der Waals surface area contributed by atoms with Gasteiger partial charge in [0.05, 0.1) is 0 Å². The molecule has 0 fully saturated rings. The van der Waals surface area contributed by atoms with Gasteiger partial charge in [-0.2, -0.15) is 0 Å². The molecule has 1 heteroatoms. The standard InChI is InChI=1S/C5H6O/c1-5(2)3-4-6/h1-3H2. The summed E-state index contributed by atoms with van der Waals surface area (Å²) in [7, 11) is 0. The second kappa shape index (κ2) is 2.58. The Kier molecular flexibility index (Phi) is 2.30. The van der Waals surface area contributed by atoms with Gasteiger partial charge in [0.1, 0.15) is 0 Å². The Bertz CT molecular complexity index is 86.6. The van der Waals surface area contributed by atoms with E-state index in [2.05, 4.69) is 13.5 Å². The van der Waals surface area contributed by atoms with Gasteiger partial charge in [0.25, 0.3) is 0 Å². The molecule has 32 valence electrons. The van der Waals surface area contributed by atoms with E-state index in [-0.39, 0.29) is 6.42 Å². The Labute approximate surface area is 37.4 Å². The number of allylic oxidation sites excluding steroid dienone is 1. The molecule has 1 nitrogen and oxygen atoms in total. The predicted molar refractivity (Wildman–Crippen MR) is 23.7 cm³/mol. The third-order valence-corrected chi connectivity index (χ3v) is 0.322. The normalized spacial score (nSPS) is 6.50. The van der Waals surface area contributed by atoms with E-state index >= 15 is 0 Å². The Morgan fingerprint density at radius 2 is 2.50 bits per heavy atom. The minimum absolute atomic E-state index is 0.264. The van der Waals surface area contributed by atoms with E-state index < -0.39 is 0 Å². The van der Waals surface area contributed by atoms with Crippen LogP contribution >= 0.6 is 0 Å². The van der Waals surface area contributed by atoms with Crippen molar-refractivity contribution in [1.82, 2.24) is 0 Å². The van der Waals surface area contributed by atoms with Crippen LogP contribution in [0.1, 0.15) is 6.42 Å². The van der Waals surface area contributed by atoms with Gasteiger partial charge in [0.15, 0.2) is 0 Å². The van der Waals surface area contributed by atoms with Gasteiger partial charge in [-0.15, -0.1) is 0 Å². The molecule has 0 atom stereocenters. The molecule has 0 saturated carbocycles. The molecular weight excluding hydrogens is 76.1 g/mol. The fraction of sp³-hybridized carbons (Fsp3) is 0.200. The predicted octanol–water partition coefficient (Wildman–Crippen LogP) is 1.16. The average molecular weight is 82.1 g/mol. The molecule has 0 N–H and O–H groups in total. The van der Waals surface area contributed by atoms with Crippen LogP contribution in [0.2, 0.25) is 0 Å². The van der Waals surface area contributed by atoms with Crippen molar-refractivity contribution in [1.29, 1.82) is 0 Å². The van der Waals surface area contributed by atoms with Crippen LogP contribution in [-0.4, -0.2) is 0 Å². The molecule has 0 heterocycles. The second-order valence-corrected chi connectivity index (χ2v) is 1.07. The minimum atomic E-state index is 0.264. The van der Waals surface area contributed by atoms with Crippen LogP contribution in [0, 0.1) is 13.1 Å². The molecule has 6 heavy (non-hydrogen) atoms. The molecule has 0 amide bonds. The summed E-state index contributed by atoms with van der Waals surface area (Å²) in [5.41, 5.74) is 0.616. The van der Waals surface area contributed by atoms with E-state index in [9.17, 15) is 4.65 Å². The molecule has 0 rings (SSSR count). The zero-order valence-electron chi connectivity index (χ0n) is 3.53. The SMILES string of the molecule is C=C([CH2-])CC#[O+]. The van der Waals surface area contributed by atoms with E-state index in [1.165, 1.54) is 0 Å². The molecule has 0 spiro atoms. The zero-order valence-corrected chi connectivity index (χ0v) is 3.53. The van der Waals surface area contributed by atoms with Gasteiger partial charge in [-0.25, -0.2) is 0 Å². The summed E-state index contributed by atoms with van der Waals surface area (Å²) >= 11 is 0. The fourth-order valence-corrected chi connectivity index (χ4v) is 0.102. The maximum absolute atomic E-state index is 9.39. The van der Waals surface area contributed by atoms with Gasteiger partial charge in [-0.05, 0) is 0 Å². The quantitative estimate of drug-likeness (QED) is 0.334. The van der Waals surface area contributed by atoms with Crippen LogP contribution in [0.25, 0.3) is 0 Å². The van der Waals surface area contributed by atoms with E-state index in [1.807, 2.05) is 0 Å². The van der Waals surface area contributed by atoms with E-state index in [4.69, 9.17) is 0 Å². The van der Waals surface area contributed by atoms with Crippen LogP contribution in [0.3, 0.4) is 0 Å². The second-order valence-electron chi connectivity index (χ2n) is 1.07. The van der Waals surface area contributed by atoms with Crippen LogP contribution in [0.15, 0.2) is 12.2 Å². The van der Waals surface area contributed by atoms with Gasteiger partial charge in [-0.1, -0.05) is 0 Å². The van der Waals surface area contributed by atoms with Crippen LogP contribution in [0.4, 0.5) is 0 Å². The average Bonchev–Trinajstić information content (AvgIpc) is 1.35. The van der Waals surface area contributed by atoms with E-state index in [1.54, 1.807) is 6.15 Å². The number of hydrogen-bond acceptors (Lipinski definition) is 0. The number of rotatable bonds is 1. The zero-order chi connectivity index (χ0) is 4.99.